The third kappa shape index (κ3) is 5.61. The summed E-state index contributed by atoms with van der Waals surface area (Å²) in [5.74, 6) is 0.997. The van der Waals surface area contributed by atoms with E-state index in [2.05, 4.69) is 39.4 Å². The number of morpholine rings is 1. The van der Waals surface area contributed by atoms with Crippen LogP contribution in [0.5, 0.6) is 0 Å². The van der Waals surface area contributed by atoms with Crippen molar-refractivity contribution in [1.82, 2.24) is 24.9 Å². The zero-order valence-electron chi connectivity index (χ0n) is 20.9. The Bertz CT molecular complexity index is 1200. The van der Waals surface area contributed by atoms with Gasteiger partial charge in [0.15, 0.2) is 5.82 Å². The van der Waals surface area contributed by atoms with Gasteiger partial charge in [0.25, 0.3) is 0 Å². The number of allylic oxidation sites excluding steroid dienone is 2. The Morgan fingerprint density at radius 3 is 2.72 bits per heavy atom. The van der Waals surface area contributed by atoms with Crippen LogP contribution in [0.25, 0.3) is 17.8 Å². The lowest BCUT2D eigenvalue weighted by molar-refractivity contribution is 0.00751. The molecule has 9 heteroatoms. The van der Waals surface area contributed by atoms with E-state index in [4.69, 9.17) is 21.4 Å². The lowest BCUT2D eigenvalue weighted by atomic mass is 10.2. The second-order valence-corrected chi connectivity index (χ2v) is 9.89. The number of hydrogen-bond acceptors (Lipinski definition) is 5. The standard InChI is InChI=1S/C27H35ClN6O2/c1-2-29-27(35)32-15-13-31(14-16-32)19-23-20-33(17-18-36-23)26-24-7-5-3-4-6-8-25(24)34(30-26)22-11-9-21(28)10-12-22/h3,5,7-12,23H,2,4,6,13-20H2,1H3,(H,29,35)/b5-3+,24-7+,25-8-. The highest BCUT2D eigenvalue weighted by molar-refractivity contribution is 6.30. The van der Waals surface area contributed by atoms with Crippen LogP contribution in [-0.4, -0.2) is 90.7 Å². The maximum atomic E-state index is 12.1. The van der Waals surface area contributed by atoms with Crippen LogP contribution >= 0.6 is 11.6 Å². The van der Waals surface area contributed by atoms with E-state index < -0.39 is 0 Å². The van der Waals surface area contributed by atoms with Gasteiger partial charge in [0.1, 0.15) is 0 Å². The van der Waals surface area contributed by atoms with Gasteiger partial charge in [-0.2, -0.15) is 0 Å². The maximum Gasteiger partial charge on any atom is 0.317 e. The number of nitrogens with zero attached hydrogens (tertiary/aromatic N) is 5. The van der Waals surface area contributed by atoms with Gasteiger partial charge < -0.3 is 19.9 Å². The fourth-order valence-corrected chi connectivity index (χ4v) is 5.21. The summed E-state index contributed by atoms with van der Waals surface area (Å²) >= 11 is 6.15. The lowest BCUT2D eigenvalue weighted by Crippen LogP contribution is -2.55. The Balaban J connectivity index is 1.33. The molecular formula is C27H35ClN6O2. The molecule has 2 aromatic rings. The van der Waals surface area contributed by atoms with Gasteiger partial charge in [-0.3, -0.25) is 4.90 Å². The van der Waals surface area contributed by atoms with Crippen molar-refractivity contribution in [3.8, 4) is 5.69 Å². The Morgan fingerprint density at radius 1 is 1.14 bits per heavy atom. The molecule has 0 radical (unpaired) electrons. The van der Waals surface area contributed by atoms with Crippen molar-refractivity contribution in [2.24, 2.45) is 0 Å². The largest absolute Gasteiger partial charge is 0.373 e. The Morgan fingerprint density at radius 2 is 1.94 bits per heavy atom. The average molecular weight is 511 g/mol. The van der Waals surface area contributed by atoms with E-state index in [1.165, 1.54) is 0 Å². The first-order valence-electron chi connectivity index (χ1n) is 13.0. The van der Waals surface area contributed by atoms with E-state index in [-0.39, 0.29) is 12.1 Å². The quantitative estimate of drug-likeness (QED) is 0.666. The van der Waals surface area contributed by atoms with Crippen LogP contribution in [0.2, 0.25) is 5.02 Å². The van der Waals surface area contributed by atoms with E-state index in [0.717, 1.165) is 85.8 Å². The molecule has 2 saturated heterocycles. The predicted octanol–water partition coefficient (Wildman–Crippen LogP) is 1.99. The molecular weight excluding hydrogens is 476 g/mol. The molecule has 1 aliphatic carbocycles. The molecule has 192 valence electrons. The van der Waals surface area contributed by atoms with Crippen molar-refractivity contribution in [1.29, 1.82) is 0 Å². The smallest absolute Gasteiger partial charge is 0.317 e. The van der Waals surface area contributed by atoms with Crippen molar-refractivity contribution in [3.05, 3.63) is 52.0 Å². The van der Waals surface area contributed by atoms with Gasteiger partial charge in [-0.05, 0) is 50.1 Å². The lowest BCUT2D eigenvalue weighted by Gasteiger charge is -2.39. The number of rotatable bonds is 5. The minimum atomic E-state index is 0.0344. The van der Waals surface area contributed by atoms with Gasteiger partial charge in [0.2, 0.25) is 0 Å². The second-order valence-electron chi connectivity index (χ2n) is 9.45. The molecule has 8 nitrogen and oxygen atoms in total. The first kappa shape index (κ1) is 24.9. The molecule has 36 heavy (non-hydrogen) atoms. The van der Waals surface area contributed by atoms with Gasteiger partial charge in [0, 0.05) is 62.6 Å². The second kappa shape index (κ2) is 11.5. The molecule has 1 N–H and O–H groups in total. The first-order valence-corrected chi connectivity index (χ1v) is 13.3. The summed E-state index contributed by atoms with van der Waals surface area (Å²) in [6.45, 7) is 8.97. The maximum absolute atomic E-state index is 12.1. The van der Waals surface area contributed by atoms with Crippen LogP contribution in [0, 0.1) is 0 Å². The third-order valence-electron chi connectivity index (χ3n) is 6.97. The van der Waals surface area contributed by atoms with E-state index in [9.17, 15) is 4.79 Å². The minimum absolute atomic E-state index is 0.0344. The van der Waals surface area contributed by atoms with Crippen LogP contribution in [0.4, 0.5) is 10.6 Å². The molecule has 0 spiro atoms. The number of carbonyl (C=O) groups is 1. The monoisotopic (exact) mass is 510 g/mol. The molecule has 2 fully saturated rings. The zero-order valence-corrected chi connectivity index (χ0v) is 21.7. The summed E-state index contributed by atoms with van der Waals surface area (Å²) in [5, 5.41) is 11.0. The van der Waals surface area contributed by atoms with Crippen molar-refractivity contribution in [2.75, 3.05) is 63.9 Å². The Labute approximate surface area is 217 Å². The molecule has 2 aliphatic heterocycles. The highest BCUT2D eigenvalue weighted by atomic mass is 35.5. The fraction of sp³-hybridized carbons (Fsp3) is 0.481. The molecule has 2 amide bonds. The molecule has 3 aliphatic rings. The summed E-state index contributed by atoms with van der Waals surface area (Å²) in [5.41, 5.74) is 1.01. The molecule has 0 bridgehead atoms. The number of hydrogen-bond donors (Lipinski definition) is 1. The number of fused-ring (bicyclic) bond motifs is 1. The molecule has 3 heterocycles. The van der Waals surface area contributed by atoms with Crippen LogP contribution in [0.15, 0.2) is 36.4 Å². The highest BCUT2D eigenvalue weighted by Crippen LogP contribution is 2.16. The van der Waals surface area contributed by atoms with Crippen LogP contribution < -0.4 is 20.8 Å². The minimum Gasteiger partial charge on any atom is -0.373 e. The van der Waals surface area contributed by atoms with E-state index >= 15 is 0 Å². The average Bonchev–Trinajstić information content (AvgIpc) is 3.22. The van der Waals surface area contributed by atoms with Crippen molar-refractivity contribution in [3.63, 3.8) is 0 Å². The number of piperazine rings is 1. The van der Waals surface area contributed by atoms with Gasteiger partial charge >= 0.3 is 6.03 Å². The number of aromatic nitrogens is 2. The van der Waals surface area contributed by atoms with Gasteiger partial charge in [-0.25, -0.2) is 9.48 Å². The van der Waals surface area contributed by atoms with Crippen molar-refractivity contribution < 1.29 is 9.53 Å². The van der Waals surface area contributed by atoms with Gasteiger partial charge in [-0.1, -0.05) is 29.8 Å². The van der Waals surface area contributed by atoms with E-state index in [1.54, 1.807) is 0 Å². The first-order chi connectivity index (χ1) is 17.6. The molecule has 1 aromatic carbocycles. The van der Waals surface area contributed by atoms with Crippen LogP contribution in [0.3, 0.4) is 0 Å². The number of ether oxygens (including phenoxy) is 1. The number of carbonyl (C=O) groups excluding carboxylic acids is 1. The number of benzene rings is 1. The third-order valence-corrected chi connectivity index (χ3v) is 7.22. The summed E-state index contributed by atoms with van der Waals surface area (Å²) in [6.07, 6.45) is 10.9. The highest BCUT2D eigenvalue weighted by Gasteiger charge is 2.28. The van der Waals surface area contributed by atoms with Crippen LogP contribution in [-0.2, 0) is 4.74 Å². The molecule has 1 unspecified atom stereocenters. The number of amides is 2. The summed E-state index contributed by atoms with van der Waals surface area (Å²) < 4.78 is 8.22. The van der Waals surface area contributed by atoms with E-state index in [0.29, 0.717) is 13.2 Å². The van der Waals surface area contributed by atoms with Crippen LogP contribution in [0.1, 0.15) is 19.8 Å². The fourth-order valence-electron chi connectivity index (χ4n) is 5.08. The number of anilines is 1. The van der Waals surface area contributed by atoms with Crippen molar-refractivity contribution in [2.45, 2.75) is 25.9 Å². The number of nitrogens with one attached hydrogen (secondary N) is 1. The molecule has 0 saturated carbocycles. The molecule has 1 aromatic heterocycles. The predicted molar refractivity (Wildman–Crippen MR) is 144 cm³/mol. The zero-order chi connectivity index (χ0) is 24.9. The number of urea groups is 1. The van der Waals surface area contributed by atoms with Gasteiger partial charge in [-0.15, -0.1) is 5.10 Å². The SMILES string of the molecule is CCNC(=O)N1CCN(CC2CN(c3nn(-c4ccc(Cl)cc4)c4/c3=C\C=C\CC/C=4)CCO2)CC1. The Kier molecular flexibility index (Phi) is 7.94. The molecule has 1 atom stereocenters. The Hall–Kier alpha value is -2.81. The summed E-state index contributed by atoms with van der Waals surface area (Å²) in [7, 11) is 0. The number of halogens is 1. The normalized spacial score (nSPS) is 23.4. The van der Waals surface area contributed by atoms with E-state index in [1.807, 2.05) is 40.8 Å². The summed E-state index contributed by atoms with van der Waals surface area (Å²) in [6, 6.07) is 7.89. The molecule has 5 rings (SSSR count). The topological polar surface area (TPSA) is 65.9 Å². The summed E-state index contributed by atoms with van der Waals surface area (Å²) in [4.78, 5) is 18.8. The van der Waals surface area contributed by atoms with Crippen molar-refractivity contribution >= 4 is 35.6 Å². The van der Waals surface area contributed by atoms with Gasteiger partial charge in [0.05, 0.1) is 23.7 Å².